The third-order valence-electron chi connectivity index (χ3n) is 3.64. The van der Waals surface area contributed by atoms with E-state index in [0.29, 0.717) is 11.8 Å². The van der Waals surface area contributed by atoms with E-state index in [1.54, 1.807) is 6.92 Å². The number of amides is 1. The van der Waals surface area contributed by atoms with Crippen LogP contribution >= 0.6 is 11.5 Å². The molecule has 1 N–H and O–H groups in total. The van der Waals surface area contributed by atoms with Gasteiger partial charge in [-0.3, -0.25) is 4.79 Å². The molecular weight excluding hydrogens is 435 g/mol. The van der Waals surface area contributed by atoms with E-state index in [2.05, 4.69) is 19.8 Å². The second kappa shape index (κ2) is 8.14. The lowest BCUT2D eigenvalue weighted by Crippen LogP contribution is -2.21. The van der Waals surface area contributed by atoms with E-state index < -0.39 is 34.3 Å². The molecule has 2 aromatic heterocycles. The zero-order valence-corrected chi connectivity index (χ0v) is 16.0. The first-order valence-corrected chi connectivity index (χ1v) is 8.74. The number of aryl methyl sites for hydroxylation is 2. The smallest absolute Gasteiger partial charge is 0.435 e. The summed E-state index contributed by atoms with van der Waals surface area (Å²) in [4.78, 5) is 11.2. The molecule has 0 spiro atoms. The summed E-state index contributed by atoms with van der Waals surface area (Å²) in [5, 5.41) is 10.6. The Labute approximate surface area is 169 Å². The van der Waals surface area contributed by atoms with Crippen molar-refractivity contribution in [2.75, 3.05) is 0 Å². The van der Waals surface area contributed by atoms with Crippen molar-refractivity contribution in [3.8, 4) is 11.6 Å². The Morgan fingerprint density at radius 2 is 2.07 bits per heavy atom. The van der Waals surface area contributed by atoms with E-state index in [-0.39, 0.29) is 28.7 Å². The summed E-state index contributed by atoms with van der Waals surface area (Å²) in [6, 6.07) is 2.70. The number of carbonyl (C=O) groups is 1. The summed E-state index contributed by atoms with van der Waals surface area (Å²) in [7, 11) is 1.48. The first kappa shape index (κ1) is 21.3. The van der Waals surface area contributed by atoms with Crippen molar-refractivity contribution in [1.29, 1.82) is 0 Å². The quantitative estimate of drug-likeness (QED) is 0.368. The van der Waals surface area contributed by atoms with Gasteiger partial charge in [-0.15, -0.1) is 5.10 Å². The van der Waals surface area contributed by atoms with Crippen LogP contribution < -0.4 is 10.2 Å². The van der Waals surface area contributed by atoms with Gasteiger partial charge in [-0.2, -0.15) is 23.4 Å². The van der Waals surface area contributed by atoms with E-state index >= 15 is 0 Å². The van der Waals surface area contributed by atoms with Crippen molar-refractivity contribution in [2.45, 2.75) is 13.1 Å². The number of alkyl halides is 3. The van der Waals surface area contributed by atoms with Gasteiger partial charge in [0.15, 0.2) is 17.3 Å². The number of nitrogens with zero attached hydrogens (tertiary/aromatic N) is 5. The Bertz CT molecular complexity index is 1120. The molecule has 0 aliphatic rings. The minimum atomic E-state index is -4.84. The molecule has 0 unspecified atom stereocenters. The summed E-state index contributed by atoms with van der Waals surface area (Å²) in [6.45, 7) is 1.56. The Morgan fingerprint density at radius 1 is 1.33 bits per heavy atom. The molecule has 1 amide bonds. The van der Waals surface area contributed by atoms with Crippen molar-refractivity contribution in [1.82, 2.24) is 24.8 Å². The van der Waals surface area contributed by atoms with Crippen molar-refractivity contribution in [2.24, 2.45) is 12.1 Å². The average molecular weight is 446 g/mol. The zero-order valence-electron chi connectivity index (χ0n) is 15.2. The number of rotatable bonds is 5. The summed E-state index contributed by atoms with van der Waals surface area (Å²) in [5.41, 5.74) is 1.09. The molecule has 2 heterocycles. The van der Waals surface area contributed by atoms with Crippen LogP contribution in [0.1, 0.15) is 26.6 Å². The van der Waals surface area contributed by atoms with Gasteiger partial charge in [-0.25, -0.2) is 18.9 Å². The van der Waals surface area contributed by atoms with Crippen molar-refractivity contribution >= 4 is 23.7 Å². The zero-order chi connectivity index (χ0) is 22.1. The fourth-order valence-corrected chi connectivity index (χ4v) is 2.89. The molecule has 8 nitrogen and oxygen atoms in total. The molecule has 0 atom stereocenters. The van der Waals surface area contributed by atoms with Gasteiger partial charge in [-0.05, 0) is 30.6 Å². The molecular formula is C16H11F5N6O2S. The molecule has 3 rings (SSSR count). The Hall–Kier alpha value is -3.42. The summed E-state index contributed by atoms with van der Waals surface area (Å²) in [6.07, 6.45) is -3.78. The fraction of sp³-hybridized carbons (Fsp3) is 0.188. The molecule has 0 bridgehead atoms. The summed E-state index contributed by atoms with van der Waals surface area (Å²) >= 11 is 0.265. The molecule has 14 heteroatoms. The third kappa shape index (κ3) is 4.42. The number of aromatic nitrogens is 4. The second-order valence-electron chi connectivity index (χ2n) is 5.75. The maximum atomic E-state index is 13.9. The van der Waals surface area contributed by atoms with Crippen LogP contribution in [0.3, 0.4) is 0 Å². The molecule has 158 valence electrons. The van der Waals surface area contributed by atoms with E-state index in [1.165, 1.54) is 11.7 Å². The molecule has 0 aliphatic carbocycles. The van der Waals surface area contributed by atoms with Gasteiger partial charge < -0.3 is 4.74 Å². The SMILES string of the molecule is Cc1nn(C)c(Oc2ccc(F)cc2F)c1/C=N/NC(=O)c1snnc1C(F)(F)F. The molecule has 0 saturated carbocycles. The van der Waals surface area contributed by atoms with Crippen LogP contribution in [0, 0.1) is 18.6 Å². The van der Waals surface area contributed by atoms with Gasteiger partial charge in [0, 0.05) is 13.1 Å². The number of benzene rings is 1. The minimum Gasteiger partial charge on any atom is -0.435 e. The van der Waals surface area contributed by atoms with E-state index in [1.807, 2.05) is 5.43 Å². The lowest BCUT2D eigenvalue weighted by molar-refractivity contribution is -0.141. The van der Waals surface area contributed by atoms with Gasteiger partial charge >= 0.3 is 6.18 Å². The number of halogens is 5. The number of nitrogens with one attached hydrogen (secondary N) is 1. The molecule has 30 heavy (non-hydrogen) atoms. The standard InChI is InChI=1S/C16H11F5N6O2S/c1-7-9(6-22-24-14(28)12-13(16(19,20)21)23-26-30-12)15(27(2)25-7)29-11-4-3-8(17)5-10(11)18/h3-6H,1-2H3,(H,24,28)/b22-6+. The molecule has 0 fully saturated rings. The van der Waals surface area contributed by atoms with E-state index in [0.717, 1.165) is 18.3 Å². The Kier molecular flexibility index (Phi) is 5.78. The van der Waals surface area contributed by atoms with Crippen LogP contribution in [0.15, 0.2) is 23.3 Å². The highest BCUT2D eigenvalue weighted by Gasteiger charge is 2.39. The molecule has 3 aromatic rings. The minimum absolute atomic E-state index is 0.00597. The maximum absolute atomic E-state index is 13.9. The topological polar surface area (TPSA) is 94.3 Å². The van der Waals surface area contributed by atoms with E-state index in [9.17, 15) is 26.7 Å². The third-order valence-corrected chi connectivity index (χ3v) is 4.36. The van der Waals surface area contributed by atoms with Crippen molar-refractivity contribution in [3.05, 3.63) is 51.7 Å². The van der Waals surface area contributed by atoms with Crippen molar-refractivity contribution < 1.29 is 31.5 Å². The average Bonchev–Trinajstić information content (AvgIpc) is 3.24. The highest BCUT2D eigenvalue weighted by atomic mass is 32.1. The number of hydrogen-bond donors (Lipinski definition) is 1. The van der Waals surface area contributed by atoms with Crippen LogP contribution in [-0.2, 0) is 13.2 Å². The first-order valence-electron chi connectivity index (χ1n) is 7.97. The summed E-state index contributed by atoms with van der Waals surface area (Å²) in [5.74, 6) is -3.19. The lowest BCUT2D eigenvalue weighted by Gasteiger charge is -2.08. The van der Waals surface area contributed by atoms with Crippen LogP contribution in [0.25, 0.3) is 0 Å². The molecule has 1 aromatic carbocycles. The summed E-state index contributed by atoms with van der Waals surface area (Å²) < 4.78 is 75.2. The van der Waals surface area contributed by atoms with Gasteiger partial charge in [0.2, 0.25) is 5.88 Å². The largest absolute Gasteiger partial charge is 0.436 e. The van der Waals surface area contributed by atoms with Crippen LogP contribution in [0.4, 0.5) is 22.0 Å². The van der Waals surface area contributed by atoms with Crippen LogP contribution in [0.5, 0.6) is 11.6 Å². The normalized spacial score (nSPS) is 11.8. The molecule has 0 aliphatic heterocycles. The molecule has 0 radical (unpaired) electrons. The monoisotopic (exact) mass is 446 g/mol. The highest BCUT2D eigenvalue weighted by molar-refractivity contribution is 7.08. The predicted molar refractivity (Wildman–Crippen MR) is 94.3 cm³/mol. The van der Waals surface area contributed by atoms with Crippen LogP contribution in [0.2, 0.25) is 0 Å². The second-order valence-corrected chi connectivity index (χ2v) is 6.51. The Balaban J connectivity index is 1.81. The molecule has 0 saturated heterocycles. The van der Waals surface area contributed by atoms with Gasteiger partial charge in [0.25, 0.3) is 5.91 Å². The first-order chi connectivity index (χ1) is 14.1. The lowest BCUT2D eigenvalue weighted by atomic mass is 10.2. The maximum Gasteiger partial charge on any atom is 0.436 e. The number of hydrazone groups is 1. The highest BCUT2D eigenvalue weighted by Crippen LogP contribution is 2.31. The van der Waals surface area contributed by atoms with Crippen molar-refractivity contribution in [3.63, 3.8) is 0 Å². The Morgan fingerprint density at radius 3 is 2.73 bits per heavy atom. The van der Waals surface area contributed by atoms with Gasteiger partial charge in [0.05, 0.1) is 17.5 Å². The fourth-order valence-electron chi connectivity index (χ4n) is 2.32. The number of hydrogen-bond acceptors (Lipinski definition) is 7. The number of ether oxygens (including phenoxy) is 1. The van der Waals surface area contributed by atoms with E-state index in [4.69, 9.17) is 4.74 Å². The number of carbonyl (C=O) groups excluding carboxylic acids is 1. The van der Waals surface area contributed by atoms with Gasteiger partial charge in [0.1, 0.15) is 10.7 Å². The van der Waals surface area contributed by atoms with Gasteiger partial charge in [-0.1, -0.05) is 4.49 Å². The van der Waals surface area contributed by atoms with Crippen LogP contribution in [-0.4, -0.2) is 31.5 Å². The predicted octanol–water partition coefficient (Wildman–Crippen LogP) is 3.43.